The number of ketones is 1. The third-order valence-corrected chi connectivity index (χ3v) is 5.45. The summed E-state index contributed by atoms with van der Waals surface area (Å²) in [4.78, 5) is 31.2. The summed E-state index contributed by atoms with van der Waals surface area (Å²) in [5.41, 5.74) is 3.01. The Bertz CT molecular complexity index is 1910. The first-order valence-electron chi connectivity index (χ1n) is 19.5. The molecule has 58 heavy (non-hydrogen) atoms. The lowest BCUT2D eigenvalue weighted by Crippen LogP contribution is -2.03. The summed E-state index contributed by atoms with van der Waals surface area (Å²) < 4.78 is 5.17. The van der Waals surface area contributed by atoms with Crippen molar-refractivity contribution in [3.8, 4) is 82.9 Å². The van der Waals surface area contributed by atoms with Crippen molar-refractivity contribution in [3.05, 3.63) is 81.7 Å². The number of carboxylic acids is 1. The summed E-state index contributed by atoms with van der Waals surface area (Å²) in [7, 11) is 0. The van der Waals surface area contributed by atoms with Crippen LogP contribution < -0.4 is 5.63 Å². The lowest BCUT2D eigenvalue weighted by molar-refractivity contribution is -0.135. The maximum atomic E-state index is 11.5. The van der Waals surface area contributed by atoms with Gasteiger partial charge in [0.05, 0.1) is 6.42 Å². The Morgan fingerprint density at radius 1 is 0.603 bits per heavy atom. The van der Waals surface area contributed by atoms with Crippen LogP contribution in [0.1, 0.15) is 153 Å². The van der Waals surface area contributed by atoms with Gasteiger partial charge in [0.15, 0.2) is 0 Å². The summed E-state index contributed by atoms with van der Waals surface area (Å²) in [6.07, 6.45) is 4.17. The van der Waals surface area contributed by atoms with Gasteiger partial charge in [-0.2, -0.15) is 0 Å². The summed E-state index contributed by atoms with van der Waals surface area (Å²) >= 11 is 0. The molecule has 0 aliphatic carbocycles. The maximum absolute atomic E-state index is 11.5. The number of carboxylic acid groups (broad SMARTS) is 1. The molecule has 1 heterocycles. The Morgan fingerprint density at radius 3 is 1.38 bits per heavy atom. The van der Waals surface area contributed by atoms with E-state index in [0.717, 1.165) is 36.6 Å². The molecule has 0 radical (unpaired) electrons. The third kappa shape index (κ3) is 51.8. The van der Waals surface area contributed by atoms with Crippen molar-refractivity contribution in [2.24, 2.45) is 0 Å². The van der Waals surface area contributed by atoms with Crippen LogP contribution in [-0.2, 0) is 16.0 Å². The van der Waals surface area contributed by atoms with Crippen molar-refractivity contribution in [1.82, 2.24) is 0 Å². The van der Waals surface area contributed by atoms with Crippen LogP contribution in [0.4, 0.5) is 0 Å². The molecule has 1 N–H and O–H groups in total. The van der Waals surface area contributed by atoms with E-state index in [2.05, 4.69) is 95.0 Å². The van der Waals surface area contributed by atoms with Crippen molar-refractivity contribution in [2.45, 2.75) is 149 Å². The Labute approximate surface area is 354 Å². The van der Waals surface area contributed by atoms with Crippen molar-refractivity contribution < 1.29 is 19.1 Å². The van der Waals surface area contributed by atoms with Gasteiger partial charge in [-0.3, -0.25) is 9.59 Å². The van der Waals surface area contributed by atoms with E-state index in [1.165, 1.54) is 12.5 Å². The van der Waals surface area contributed by atoms with Crippen molar-refractivity contribution in [2.75, 3.05) is 0 Å². The number of fused-ring (bicyclic) bond motifs is 1. The van der Waals surface area contributed by atoms with Crippen LogP contribution in [0.2, 0.25) is 0 Å². The molecule has 1 aromatic heterocycles. The fourth-order valence-electron chi connectivity index (χ4n) is 3.13. The van der Waals surface area contributed by atoms with Crippen LogP contribution in [0, 0.1) is 89.8 Å². The van der Waals surface area contributed by atoms with E-state index in [9.17, 15) is 14.4 Å². The molecule has 5 heteroatoms. The van der Waals surface area contributed by atoms with Crippen LogP contribution in [0.5, 0.6) is 0 Å². The second kappa shape index (κ2) is 55.1. The molecule has 0 fully saturated rings. The van der Waals surface area contributed by atoms with Gasteiger partial charge in [0, 0.05) is 31.1 Å². The number of aliphatic carboxylic acids is 1. The van der Waals surface area contributed by atoms with E-state index in [-0.39, 0.29) is 17.8 Å². The zero-order valence-electron chi connectivity index (χ0n) is 38.5. The van der Waals surface area contributed by atoms with E-state index in [4.69, 9.17) is 9.52 Å². The zero-order chi connectivity index (χ0) is 45.8. The first kappa shape index (κ1) is 63.6. The Balaban J connectivity index is -0.000000140. The second-order valence-electron chi connectivity index (χ2n) is 10.1. The predicted octanol–water partition coefficient (Wildman–Crippen LogP) is 12.5. The van der Waals surface area contributed by atoms with E-state index in [0.29, 0.717) is 17.6 Å². The Hall–Kier alpha value is -6.29. The van der Waals surface area contributed by atoms with Gasteiger partial charge in [-0.25, -0.2) is 4.79 Å². The molecule has 312 valence electrons. The number of carbonyl (C=O) groups excluding carboxylic acids is 1. The molecule has 0 aliphatic heterocycles. The van der Waals surface area contributed by atoms with Crippen LogP contribution in [-0.4, -0.2) is 16.9 Å². The van der Waals surface area contributed by atoms with Gasteiger partial charge < -0.3 is 9.52 Å². The summed E-state index contributed by atoms with van der Waals surface area (Å²) in [5, 5.41) is 8.84. The average Bonchev–Trinajstić information content (AvgIpc) is 3.23. The molecular formula is C53H70O5. The molecule has 5 nitrogen and oxygen atoms in total. The molecule has 0 spiro atoms. The topological polar surface area (TPSA) is 84.6 Å². The van der Waals surface area contributed by atoms with E-state index in [1.807, 2.05) is 119 Å². The number of rotatable bonds is 3. The lowest BCUT2D eigenvalue weighted by Gasteiger charge is -1.98. The largest absolute Gasteiger partial charge is 0.481 e. The molecule has 3 aromatic rings. The quantitative estimate of drug-likeness (QED) is 0.211. The van der Waals surface area contributed by atoms with Crippen molar-refractivity contribution in [1.29, 1.82) is 0 Å². The van der Waals surface area contributed by atoms with Crippen LogP contribution in [0.15, 0.2) is 63.8 Å². The number of carbonyl (C=O) groups is 2. The number of aryl methyl sites for hydroxylation is 1. The van der Waals surface area contributed by atoms with Gasteiger partial charge in [-0.15, -0.1) is 59.2 Å². The van der Waals surface area contributed by atoms with Gasteiger partial charge in [-0.1, -0.05) is 115 Å². The van der Waals surface area contributed by atoms with Gasteiger partial charge in [0.25, 0.3) is 0 Å². The van der Waals surface area contributed by atoms with E-state index >= 15 is 0 Å². The molecule has 0 amide bonds. The van der Waals surface area contributed by atoms with Gasteiger partial charge in [0.2, 0.25) is 0 Å². The molecule has 0 atom stereocenters. The first-order valence-corrected chi connectivity index (χ1v) is 19.5. The molecule has 0 bridgehead atoms. The fourth-order valence-corrected chi connectivity index (χ4v) is 3.13. The third-order valence-electron chi connectivity index (χ3n) is 5.45. The monoisotopic (exact) mass is 787 g/mol. The molecule has 0 saturated carbocycles. The van der Waals surface area contributed by atoms with Crippen LogP contribution in [0.3, 0.4) is 0 Å². The van der Waals surface area contributed by atoms with Gasteiger partial charge >= 0.3 is 11.6 Å². The maximum Gasteiger partial charge on any atom is 0.352 e. The Kier molecular flexibility index (Phi) is 60.4. The van der Waals surface area contributed by atoms with Crippen LogP contribution in [0.25, 0.3) is 11.0 Å². The average molecular weight is 787 g/mol. The van der Waals surface area contributed by atoms with Crippen molar-refractivity contribution in [3.63, 3.8) is 0 Å². The van der Waals surface area contributed by atoms with Gasteiger partial charge in [-0.05, 0) is 85.6 Å². The number of hydrogen-bond acceptors (Lipinski definition) is 4. The predicted molar refractivity (Wildman–Crippen MR) is 252 cm³/mol. The highest BCUT2D eigenvalue weighted by molar-refractivity contribution is 5.78. The van der Waals surface area contributed by atoms with Crippen molar-refractivity contribution >= 4 is 22.7 Å². The summed E-state index contributed by atoms with van der Waals surface area (Å²) in [6.45, 7) is 30.1. The molecular weight excluding hydrogens is 717 g/mol. The molecule has 0 unspecified atom stereocenters. The molecule has 0 saturated heterocycles. The van der Waals surface area contributed by atoms with Gasteiger partial charge in [0.1, 0.15) is 23.4 Å². The molecule has 0 aliphatic rings. The Morgan fingerprint density at radius 2 is 1.05 bits per heavy atom. The minimum Gasteiger partial charge on any atom is -0.481 e. The van der Waals surface area contributed by atoms with E-state index in [1.54, 1.807) is 26.8 Å². The first-order chi connectivity index (χ1) is 27.9. The highest BCUT2D eigenvalue weighted by atomic mass is 16.4. The standard InChI is InChI=1S/C13H10O2.C10H10.C6H8O.C5H6O2.3C5H8.2C2H6/c1-3-4-11-8-10-6-5-9(2)7-12(10)15-13(11)14;1-2-3-7-10-8-5-4-6-9-10;1-3-4-5-6(2)7;1-2-3-4-5(6)7;3*1-3-5-4-2;2*1-2/h5-8H,1-2H3;4-6,8-9H,7H2,1H3;5H2,1-2H3;4H2,1H3,(H,6,7);3*3H2,1-2H3;2*1-2H3. The minimum atomic E-state index is -0.866. The SMILES string of the molecule is CC.CC.CC#CCC.CC#CCC.CC#CCC.CC#CCC(=O)O.CC#CCC(C)=O.CC#CCc1ccccc1.CC#Cc1cc2ccc(C)cc2oc1=O. The van der Waals surface area contributed by atoms with E-state index < -0.39 is 5.97 Å². The van der Waals surface area contributed by atoms with Crippen LogP contribution >= 0.6 is 0 Å². The smallest absolute Gasteiger partial charge is 0.352 e. The number of Topliss-reactive ketones (excluding diaryl/α,β-unsaturated/α-hetero) is 1. The zero-order valence-corrected chi connectivity index (χ0v) is 38.5. The second-order valence-corrected chi connectivity index (χ2v) is 10.1. The number of benzene rings is 2. The highest BCUT2D eigenvalue weighted by Crippen LogP contribution is 2.14. The molecule has 2 aromatic carbocycles. The summed E-state index contributed by atoms with van der Waals surface area (Å²) in [5.74, 6) is 37.6. The molecule has 3 rings (SSSR count). The minimum absolute atomic E-state index is 0.0451. The normalized spacial score (nSPS) is 7.03. The highest BCUT2D eigenvalue weighted by Gasteiger charge is 2.02. The number of hydrogen-bond donors (Lipinski definition) is 1. The fraction of sp³-hybridized carbons (Fsp3) is 0.415. The lowest BCUT2D eigenvalue weighted by atomic mass is 10.1. The summed E-state index contributed by atoms with van der Waals surface area (Å²) in [6, 6.07) is 17.8.